The van der Waals surface area contributed by atoms with Gasteiger partial charge in [-0.15, -0.1) is 0 Å². The summed E-state index contributed by atoms with van der Waals surface area (Å²) in [7, 11) is -2.13. The minimum absolute atomic E-state index is 0.0388. The van der Waals surface area contributed by atoms with Gasteiger partial charge in [-0.05, 0) is 41.8 Å². The van der Waals surface area contributed by atoms with E-state index >= 15 is 0 Å². The average molecular weight is 414 g/mol. The van der Waals surface area contributed by atoms with Crippen LogP contribution in [-0.2, 0) is 27.8 Å². The molecule has 4 N–H and O–H groups in total. The maximum absolute atomic E-state index is 12.1. The Morgan fingerprint density at radius 1 is 1.14 bits per heavy atom. The quantitative estimate of drug-likeness (QED) is 0.321. The molecule has 152 valence electrons. The smallest absolute Gasteiger partial charge is 0.263 e. The molecule has 0 heterocycles. The zero-order chi connectivity index (χ0) is 21.3. The van der Waals surface area contributed by atoms with Gasteiger partial charge in [0.15, 0.2) is 0 Å². The molecule has 0 fully saturated rings. The summed E-state index contributed by atoms with van der Waals surface area (Å²) in [5.74, 6) is 0.245. The molecule has 0 saturated heterocycles. The molecule has 0 saturated carbocycles. The highest BCUT2D eigenvalue weighted by Gasteiger charge is 2.09. The number of hydrogen-bond donors (Lipinski definition) is 3. The molecule has 0 bridgehead atoms. The fraction of sp³-hybridized carbons (Fsp3) is 0.200. The second-order valence-electron chi connectivity index (χ2n) is 6.09. The van der Waals surface area contributed by atoms with Crippen molar-refractivity contribution in [3.63, 3.8) is 0 Å². The first-order valence-electron chi connectivity index (χ1n) is 8.70. The van der Waals surface area contributed by atoms with Crippen molar-refractivity contribution in [3.05, 3.63) is 71.4 Å². The normalized spacial score (nSPS) is 11.4. The third kappa shape index (κ3) is 6.95. The predicted molar refractivity (Wildman–Crippen MR) is 108 cm³/mol. The Hall–Kier alpha value is -3.35. The molecule has 0 aliphatic rings. The number of primary sulfonamides is 1. The number of hydrogen-bond acceptors (Lipinski definition) is 6. The molecule has 2 aromatic rings. The average Bonchev–Trinajstić information content (AvgIpc) is 2.72. The van der Waals surface area contributed by atoms with E-state index in [1.165, 1.54) is 18.3 Å². The highest BCUT2D eigenvalue weighted by Crippen LogP contribution is 2.11. The molecule has 0 aliphatic heterocycles. The van der Waals surface area contributed by atoms with E-state index in [-0.39, 0.29) is 17.0 Å². The van der Waals surface area contributed by atoms with Crippen LogP contribution in [0.25, 0.3) is 0 Å². The van der Waals surface area contributed by atoms with Crippen LogP contribution in [0.2, 0.25) is 0 Å². The van der Waals surface area contributed by atoms with Crippen LogP contribution in [0.1, 0.15) is 11.1 Å². The predicted octanol–water partition coefficient (Wildman–Crippen LogP) is 1.20. The maximum atomic E-state index is 12.1. The van der Waals surface area contributed by atoms with Crippen LogP contribution in [-0.4, -0.2) is 28.0 Å². The van der Waals surface area contributed by atoms with Crippen LogP contribution in [0, 0.1) is 11.3 Å². The maximum Gasteiger partial charge on any atom is 0.263 e. The van der Waals surface area contributed by atoms with Crippen molar-refractivity contribution < 1.29 is 17.9 Å². The SMILES string of the molecule is COc1ccc(CNC(=O)/C(C#N)=C\NCCc2ccc(S(N)(=O)=O)cc2)cc1. The van der Waals surface area contributed by atoms with Crippen LogP contribution < -0.4 is 20.5 Å². The molecule has 8 nitrogen and oxygen atoms in total. The van der Waals surface area contributed by atoms with Crippen LogP contribution in [0.5, 0.6) is 5.75 Å². The number of sulfonamides is 1. The molecule has 0 unspecified atom stereocenters. The van der Waals surface area contributed by atoms with Crippen LogP contribution >= 0.6 is 0 Å². The summed E-state index contributed by atoms with van der Waals surface area (Å²) in [5, 5.41) is 19.8. The molecule has 2 rings (SSSR count). The topological polar surface area (TPSA) is 134 Å². The first-order valence-corrected chi connectivity index (χ1v) is 10.2. The monoisotopic (exact) mass is 414 g/mol. The number of nitrogens with two attached hydrogens (primary N) is 1. The van der Waals surface area contributed by atoms with Gasteiger partial charge in [-0.1, -0.05) is 24.3 Å². The Bertz CT molecular complexity index is 1010. The molecule has 0 radical (unpaired) electrons. The van der Waals surface area contributed by atoms with E-state index in [9.17, 15) is 18.5 Å². The summed E-state index contributed by atoms with van der Waals surface area (Å²) in [5.41, 5.74) is 1.73. The highest BCUT2D eigenvalue weighted by atomic mass is 32.2. The lowest BCUT2D eigenvalue weighted by molar-refractivity contribution is -0.117. The number of benzene rings is 2. The first-order chi connectivity index (χ1) is 13.8. The number of carbonyl (C=O) groups is 1. The van der Waals surface area contributed by atoms with Gasteiger partial charge in [0.1, 0.15) is 17.4 Å². The summed E-state index contributed by atoms with van der Waals surface area (Å²) < 4.78 is 27.5. The number of nitrogens with zero attached hydrogens (tertiary/aromatic N) is 1. The number of nitriles is 1. The Balaban J connectivity index is 1.82. The van der Waals surface area contributed by atoms with Gasteiger partial charge in [0.05, 0.1) is 12.0 Å². The van der Waals surface area contributed by atoms with Crippen molar-refractivity contribution in [2.75, 3.05) is 13.7 Å². The van der Waals surface area contributed by atoms with Gasteiger partial charge in [0.2, 0.25) is 10.0 Å². The van der Waals surface area contributed by atoms with Gasteiger partial charge < -0.3 is 15.4 Å². The number of amides is 1. The van der Waals surface area contributed by atoms with Crippen LogP contribution in [0.3, 0.4) is 0 Å². The van der Waals surface area contributed by atoms with Gasteiger partial charge in [-0.3, -0.25) is 4.79 Å². The zero-order valence-corrected chi connectivity index (χ0v) is 16.7. The Morgan fingerprint density at radius 3 is 2.31 bits per heavy atom. The Morgan fingerprint density at radius 2 is 1.76 bits per heavy atom. The molecule has 0 atom stereocenters. The van der Waals surface area contributed by atoms with Crippen molar-refractivity contribution >= 4 is 15.9 Å². The number of methoxy groups -OCH3 is 1. The summed E-state index contributed by atoms with van der Waals surface area (Å²) in [6, 6.07) is 15.3. The first kappa shape index (κ1) is 21.9. The fourth-order valence-corrected chi connectivity index (χ4v) is 2.92. The Labute approximate surface area is 170 Å². The van der Waals surface area contributed by atoms with Gasteiger partial charge >= 0.3 is 0 Å². The van der Waals surface area contributed by atoms with Gasteiger partial charge in [-0.2, -0.15) is 5.26 Å². The fourth-order valence-electron chi connectivity index (χ4n) is 2.41. The minimum atomic E-state index is -3.71. The second-order valence-corrected chi connectivity index (χ2v) is 7.66. The van der Waals surface area contributed by atoms with Gasteiger partial charge in [0.25, 0.3) is 5.91 Å². The number of carbonyl (C=O) groups excluding carboxylic acids is 1. The second kappa shape index (κ2) is 10.3. The van der Waals surface area contributed by atoms with E-state index in [0.717, 1.165) is 16.9 Å². The summed E-state index contributed by atoms with van der Waals surface area (Å²) in [6.07, 6.45) is 1.94. The number of nitrogens with one attached hydrogen (secondary N) is 2. The van der Waals surface area contributed by atoms with E-state index in [0.29, 0.717) is 13.0 Å². The van der Waals surface area contributed by atoms with E-state index in [1.54, 1.807) is 31.4 Å². The van der Waals surface area contributed by atoms with Gasteiger partial charge in [0, 0.05) is 19.3 Å². The van der Waals surface area contributed by atoms with E-state index in [2.05, 4.69) is 10.6 Å². The summed E-state index contributed by atoms with van der Waals surface area (Å²) >= 11 is 0. The molecule has 1 amide bonds. The van der Waals surface area contributed by atoms with Crippen molar-refractivity contribution in [3.8, 4) is 11.8 Å². The third-order valence-electron chi connectivity index (χ3n) is 4.03. The van der Waals surface area contributed by atoms with Crippen LogP contribution in [0.15, 0.2) is 65.2 Å². The lowest BCUT2D eigenvalue weighted by atomic mass is 10.1. The van der Waals surface area contributed by atoms with Crippen LogP contribution in [0.4, 0.5) is 0 Å². The largest absolute Gasteiger partial charge is 0.497 e. The molecular formula is C20H22N4O4S. The van der Waals surface area contributed by atoms with Crippen molar-refractivity contribution in [2.45, 2.75) is 17.9 Å². The van der Waals surface area contributed by atoms with Crippen molar-refractivity contribution in [1.29, 1.82) is 5.26 Å². The van der Waals surface area contributed by atoms with E-state index < -0.39 is 15.9 Å². The van der Waals surface area contributed by atoms with Gasteiger partial charge in [-0.25, -0.2) is 13.6 Å². The zero-order valence-electron chi connectivity index (χ0n) is 15.9. The van der Waals surface area contributed by atoms with E-state index in [1.807, 2.05) is 18.2 Å². The minimum Gasteiger partial charge on any atom is -0.497 e. The molecule has 0 aromatic heterocycles. The lowest BCUT2D eigenvalue weighted by Crippen LogP contribution is -2.25. The highest BCUT2D eigenvalue weighted by molar-refractivity contribution is 7.89. The molecule has 2 aromatic carbocycles. The summed E-state index contributed by atoms with van der Waals surface area (Å²) in [4.78, 5) is 12.2. The van der Waals surface area contributed by atoms with Crippen molar-refractivity contribution in [2.24, 2.45) is 5.14 Å². The number of rotatable bonds is 9. The molecule has 0 spiro atoms. The molecule has 9 heteroatoms. The summed E-state index contributed by atoms with van der Waals surface area (Å²) in [6.45, 7) is 0.754. The molecule has 0 aliphatic carbocycles. The molecule has 29 heavy (non-hydrogen) atoms. The lowest BCUT2D eigenvalue weighted by Gasteiger charge is -2.07. The number of ether oxygens (including phenoxy) is 1. The molecular weight excluding hydrogens is 392 g/mol. The third-order valence-corrected chi connectivity index (χ3v) is 4.96. The van der Waals surface area contributed by atoms with Crippen molar-refractivity contribution in [1.82, 2.24) is 10.6 Å². The standard InChI is InChI=1S/C20H22N4O4S/c1-28-18-6-2-16(3-7-18)13-24-20(25)17(12-21)14-23-11-10-15-4-8-19(9-5-15)29(22,26)27/h2-9,14,23H,10-11,13H2,1H3,(H,24,25)(H2,22,26,27)/b17-14-. The van der Waals surface area contributed by atoms with E-state index in [4.69, 9.17) is 9.88 Å². The Kier molecular flexibility index (Phi) is 7.77.